The van der Waals surface area contributed by atoms with E-state index >= 15 is 0 Å². The fourth-order valence-corrected chi connectivity index (χ4v) is 8.99. The smallest absolute Gasteiger partial charge is 0.233 e. The Hall–Kier alpha value is -1.69. The van der Waals surface area contributed by atoms with Crippen molar-refractivity contribution in [2.45, 2.75) is 88.8 Å². The van der Waals surface area contributed by atoms with Gasteiger partial charge in [0.25, 0.3) is 0 Å². The molecule has 4 aliphatic rings. The first-order valence-electron chi connectivity index (χ1n) is 15.3. The topological polar surface area (TPSA) is 41.4 Å². The van der Waals surface area contributed by atoms with Crippen molar-refractivity contribution in [1.82, 2.24) is 4.90 Å². The van der Waals surface area contributed by atoms with E-state index in [0.717, 1.165) is 50.0 Å². The quantitative estimate of drug-likeness (QED) is 0.564. The van der Waals surface area contributed by atoms with E-state index in [2.05, 4.69) is 88.5 Å². The van der Waals surface area contributed by atoms with Crippen LogP contribution in [0.15, 0.2) is 53.0 Å². The number of likely N-dealkylation sites (tertiary alicyclic amines) is 1. The van der Waals surface area contributed by atoms with Gasteiger partial charge in [0.1, 0.15) is 17.9 Å². The monoisotopic (exact) mass is 579 g/mol. The maximum atomic E-state index is 14.8. The summed E-state index contributed by atoms with van der Waals surface area (Å²) in [6, 6.07) is 18.9. The van der Waals surface area contributed by atoms with Crippen LogP contribution in [0.5, 0.6) is 0 Å². The number of halogens is 1. The molecule has 5 atom stereocenters. The average Bonchev–Trinajstić information content (AvgIpc) is 3.36. The number of amides is 1. The summed E-state index contributed by atoms with van der Waals surface area (Å²) in [5.41, 5.74) is 4.28. The lowest BCUT2D eigenvalue weighted by Gasteiger charge is -2.48. The first-order valence-corrected chi connectivity index (χ1v) is 16.1. The maximum Gasteiger partial charge on any atom is 0.233 e. The molecular weight excluding hydrogens is 534 g/mol. The number of nitrogens with two attached hydrogens (primary N) is 1. The molecule has 0 radical (unpaired) electrons. The van der Waals surface area contributed by atoms with Gasteiger partial charge in [0.2, 0.25) is 5.91 Å². The second-order valence-corrected chi connectivity index (χ2v) is 13.9. The third kappa shape index (κ3) is 4.88. The van der Waals surface area contributed by atoms with Gasteiger partial charge < -0.3 is 15.1 Å². The predicted molar refractivity (Wildman–Crippen MR) is 156 cm³/mol. The van der Waals surface area contributed by atoms with Crippen LogP contribution in [0.1, 0.15) is 81.4 Å². The number of hydrogen-bond acceptors (Lipinski definition) is 1. The van der Waals surface area contributed by atoms with Crippen molar-refractivity contribution < 1.29 is 15.0 Å². The molecule has 2 saturated heterocycles. The SMILES string of the molecule is CC(C)[NH+]1Cc2cc(Br)ccc2[C@@]2(C[NH2+]C[C@H]2C(=O)N2CC[C@@H](c3ccccc3)C[C@H]2C2CCCCC2)C1. The number of nitrogens with zero attached hydrogens (tertiary/aromatic N) is 1. The Morgan fingerprint density at radius 1 is 1.08 bits per heavy atom. The summed E-state index contributed by atoms with van der Waals surface area (Å²) in [5.74, 6) is 1.76. The van der Waals surface area contributed by atoms with E-state index in [1.165, 1.54) is 48.8 Å². The van der Waals surface area contributed by atoms with Crippen LogP contribution in [0.4, 0.5) is 0 Å². The van der Waals surface area contributed by atoms with Crippen LogP contribution in [0.2, 0.25) is 0 Å². The maximum absolute atomic E-state index is 14.8. The molecule has 0 bridgehead atoms. The Bertz CT molecular complexity index is 1130. The first-order chi connectivity index (χ1) is 18.5. The molecule has 204 valence electrons. The normalized spacial score (nSPS) is 32.1. The highest BCUT2D eigenvalue weighted by Gasteiger charge is 2.58. The molecule has 3 fully saturated rings. The zero-order valence-corrected chi connectivity index (χ0v) is 24.9. The fourth-order valence-electron chi connectivity index (χ4n) is 8.58. The Labute approximate surface area is 237 Å². The number of benzene rings is 2. The number of carbonyl (C=O) groups is 1. The second kappa shape index (κ2) is 11.1. The molecule has 3 aliphatic heterocycles. The zero-order chi connectivity index (χ0) is 26.3. The number of rotatable bonds is 4. The molecule has 5 heteroatoms. The van der Waals surface area contributed by atoms with Gasteiger partial charge in [-0.25, -0.2) is 0 Å². The van der Waals surface area contributed by atoms with E-state index in [1.54, 1.807) is 4.90 Å². The molecule has 1 aliphatic carbocycles. The summed E-state index contributed by atoms with van der Waals surface area (Å²) >= 11 is 3.74. The van der Waals surface area contributed by atoms with Crippen molar-refractivity contribution in [1.29, 1.82) is 0 Å². The van der Waals surface area contributed by atoms with E-state index in [4.69, 9.17) is 0 Å². The van der Waals surface area contributed by atoms with E-state index in [0.29, 0.717) is 29.8 Å². The second-order valence-electron chi connectivity index (χ2n) is 13.0. The van der Waals surface area contributed by atoms with Crippen molar-refractivity contribution in [2.75, 3.05) is 26.2 Å². The van der Waals surface area contributed by atoms with Crippen molar-refractivity contribution in [3.8, 4) is 0 Å². The lowest BCUT2D eigenvalue weighted by atomic mass is 9.67. The van der Waals surface area contributed by atoms with Crippen molar-refractivity contribution in [2.24, 2.45) is 11.8 Å². The molecule has 1 amide bonds. The molecule has 2 aromatic rings. The summed E-state index contributed by atoms with van der Waals surface area (Å²) in [7, 11) is 0. The molecule has 3 heterocycles. The number of fused-ring (bicyclic) bond motifs is 2. The van der Waals surface area contributed by atoms with Gasteiger partial charge in [-0.2, -0.15) is 0 Å². The molecule has 1 unspecified atom stereocenters. The third-order valence-corrected chi connectivity index (χ3v) is 11.1. The van der Waals surface area contributed by atoms with Crippen LogP contribution in [0.25, 0.3) is 0 Å². The Morgan fingerprint density at radius 3 is 2.63 bits per heavy atom. The van der Waals surface area contributed by atoms with Crippen molar-refractivity contribution in [3.05, 3.63) is 69.7 Å². The molecule has 2 aromatic carbocycles. The van der Waals surface area contributed by atoms with Gasteiger partial charge in [0.05, 0.1) is 25.7 Å². The van der Waals surface area contributed by atoms with Crippen LogP contribution in [-0.2, 0) is 16.8 Å². The Kier molecular flexibility index (Phi) is 7.72. The summed E-state index contributed by atoms with van der Waals surface area (Å²) in [6.07, 6.45) is 8.83. The van der Waals surface area contributed by atoms with Crippen LogP contribution in [-0.4, -0.2) is 49.1 Å². The van der Waals surface area contributed by atoms with Crippen LogP contribution in [0.3, 0.4) is 0 Å². The molecular formula is C33H46BrN3O+2. The molecule has 4 nitrogen and oxygen atoms in total. The average molecular weight is 581 g/mol. The highest BCUT2D eigenvalue weighted by Crippen LogP contribution is 2.43. The van der Waals surface area contributed by atoms with Crippen LogP contribution in [0, 0.1) is 11.8 Å². The highest BCUT2D eigenvalue weighted by atomic mass is 79.9. The van der Waals surface area contributed by atoms with Crippen LogP contribution >= 0.6 is 15.9 Å². The van der Waals surface area contributed by atoms with Gasteiger partial charge in [-0.15, -0.1) is 0 Å². The summed E-state index contributed by atoms with van der Waals surface area (Å²) in [6.45, 7) is 9.69. The summed E-state index contributed by atoms with van der Waals surface area (Å²) in [4.78, 5) is 18.9. The molecule has 1 saturated carbocycles. The minimum atomic E-state index is -0.0711. The summed E-state index contributed by atoms with van der Waals surface area (Å²) < 4.78 is 1.15. The standard InChI is InChI=1S/C33H44BrN3O/c1-23(2)36-20-27-17-28(34)13-14-29(27)33(22-36)21-35-19-30(33)32(38)37-16-15-26(24-9-5-3-6-10-24)18-31(37)25-11-7-4-8-12-25/h3,5-6,9-10,13-14,17,23,25-26,30-31,35H,4,7-8,11-12,15-16,18-22H2,1-2H3/p+2/t26-,30+,31+,33-/m1/s1. The number of quaternary nitrogens is 2. The molecule has 0 aromatic heterocycles. The van der Waals surface area contributed by atoms with E-state index in [-0.39, 0.29) is 11.3 Å². The van der Waals surface area contributed by atoms with Gasteiger partial charge in [-0.3, -0.25) is 4.79 Å². The van der Waals surface area contributed by atoms with E-state index in [9.17, 15) is 4.79 Å². The third-order valence-electron chi connectivity index (χ3n) is 10.6. The van der Waals surface area contributed by atoms with Crippen molar-refractivity contribution >= 4 is 21.8 Å². The highest BCUT2D eigenvalue weighted by molar-refractivity contribution is 9.10. The molecule has 3 N–H and O–H groups in total. The number of hydrogen-bond donors (Lipinski definition) is 2. The van der Waals surface area contributed by atoms with Gasteiger partial charge in [-0.05, 0) is 74.6 Å². The Balaban J connectivity index is 1.33. The fraction of sp³-hybridized carbons (Fsp3) is 0.606. The number of carbonyl (C=O) groups excluding carboxylic acids is 1. The minimum absolute atomic E-state index is 0.0656. The zero-order valence-electron chi connectivity index (χ0n) is 23.3. The summed E-state index contributed by atoms with van der Waals surface area (Å²) in [5, 5.41) is 2.45. The largest absolute Gasteiger partial charge is 0.345 e. The molecule has 1 spiro atoms. The van der Waals surface area contributed by atoms with E-state index in [1.807, 2.05) is 0 Å². The molecule has 6 rings (SSSR count). The first kappa shape index (κ1) is 26.5. The Morgan fingerprint density at radius 2 is 1.87 bits per heavy atom. The lowest BCUT2D eigenvalue weighted by Crippen LogP contribution is -3.16. The number of piperidine rings is 1. The van der Waals surface area contributed by atoms with Crippen molar-refractivity contribution in [3.63, 3.8) is 0 Å². The molecule has 38 heavy (non-hydrogen) atoms. The number of nitrogens with one attached hydrogen (secondary N) is 1. The van der Waals surface area contributed by atoms with Crippen LogP contribution < -0.4 is 10.2 Å². The minimum Gasteiger partial charge on any atom is -0.345 e. The lowest BCUT2D eigenvalue weighted by molar-refractivity contribution is -0.942. The van der Waals surface area contributed by atoms with Gasteiger partial charge in [0, 0.05) is 22.6 Å². The predicted octanol–water partition coefficient (Wildman–Crippen LogP) is 4.04. The van der Waals surface area contributed by atoms with Gasteiger partial charge >= 0.3 is 0 Å². The van der Waals surface area contributed by atoms with Gasteiger partial charge in [0.15, 0.2) is 0 Å². The van der Waals surface area contributed by atoms with E-state index < -0.39 is 0 Å². The van der Waals surface area contributed by atoms with Gasteiger partial charge in [-0.1, -0.05) is 71.6 Å².